The molecule has 0 spiro atoms. The van der Waals surface area contributed by atoms with Crippen molar-refractivity contribution in [3.8, 4) is 11.1 Å². The number of rotatable bonds is 3. The Hall–Kier alpha value is -2.82. The minimum atomic E-state index is -1.00. The summed E-state index contributed by atoms with van der Waals surface area (Å²) in [6.07, 6.45) is 4.66. The molecule has 1 fully saturated rings. The summed E-state index contributed by atoms with van der Waals surface area (Å²) in [5, 5.41) is 4.63. The summed E-state index contributed by atoms with van der Waals surface area (Å²) in [5.41, 5.74) is 3.32. The zero-order chi connectivity index (χ0) is 16.7. The number of aryl methyl sites for hydroxylation is 1. The van der Waals surface area contributed by atoms with Crippen LogP contribution in [0.4, 0.5) is 10.2 Å². The van der Waals surface area contributed by atoms with E-state index in [0.29, 0.717) is 12.2 Å². The van der Waals surface area contributed by atoms with Crippen molar-refractivity contribution in [3.05, 3.63) is 54.5 Å². The smallest absolute Gasteiger partial charge is 0.231 e. The van der Waals surface area contributed by atoms with Gasteiger partial charge in [0, 0.05) is 29.5 Å². The number of hydrogen-bond donors (Lipinski definition) is 1. The van der Waals surface area contributed by atoms with E-state index in [0.717, 1.165) is 27.5 Å². The molecule has 4 nitrogen and oxygen atoms in total. The van der Waals surface area contributed by atoms with E-state index in [9.17, 15) is 9.18 Å². The first-order valence-corrected chi connectivity index (χ1v) is 7.87. The van der Waals surface area contributed by atoms with Crippen molar-refractivity contribution < 1.29 is 9.18 Å². The second-order valence-corrected chi connectivity index (χ2v) is 6.17. The molecule has 1 amide bonds. The number of aromatic nitrogens is 2. The first-order chi connectivity index (χ1) is 11.6. The summed E-state index contributed by atoms with van der Waals surface area (Å²) in [5.74, 6) is -0.354. The van der Waals surface area contributed by atoms with Crippen LogP contribution in [-0.4, -0.2) is 22.0 Å². The van der Waals surface area contributed by atoms with Crippen LogP contribution in [0.5, 0.6) is 0 Å². The van der Waals surface area contributed by atoms with E-state index < -0.39 is 12.1 Å². The maximum atomic E-state index is 12.9. The average Bonchev–Trinajstić information content (AvgIpc) is 3.32. The highest BCUT2D eigenvalue weighted by molar-refractivity contribution is 5.96. The molecular formula is C19H16FN3O. The number of alkyl halides is 1. The van der Waals surface area contributed by atoms with Gasteiger partial charge in [0.15, 0.2) is 0 Å². The Morgan fingerprint density at radius 3 is 2.79 bits per heavy atom. The molecule has 3 aromatic rings. The largest absolute Gasteiger partial charge is 0.310 e. The van der Waals surface area contributed by atoms with Crippen LogP contribution in [0.1, 0.15) is 12.0 Å². The number of anilines is 1. The normalized spacial score (nSPS) is 19.2. The molecule has 0 saturated heterocycles. The van der Waals surface area contributed by atoms with Crippen LogP contribution in [0.2, 0.25) is 0 Å². The summed E-state index contributed by atoms with van der Waals surface area (Å²) >= 11 is 0. The van der Waals surface area contributed by atoms with E-state index in [4.69, 9.17) is 0 Å². The molecule has 1 N–H and O–H groups in total. The van der Waals surface area contributed by atoms with Gasteiger partial charge in [0.05, 0.1) is 5.92 Å². The Morgan fingerprint density at radius 1 is 1.21 bits per heavy atom. The summed E-state index contributed by atoms with van der Waals surface area (Å²) in [6.45, 7) is 2.05. The van der Waals surface area contributed by atoms with Gasteiger partial charge in [0.1, 0.15) is 12.0 Å². The van der Waals surface area contributed by atoms with Gasteiger partial charge >= 0.3 is 0 Å². The third kappa shape index (κ3) is 2.73. The van der Waals surface area contributed by atoms with Crippen LogP contribution in [-0.2, 0) is 4.79 Å². The van der Waals surface area contributed by atoms with Gasteiger partial charge in [0.25, 0.3) is 0 Å². The predicted octanol–water partition coefficient (Wildman–Crippen LogP) is 3.90. The number of carbonyl (C=O) groups excluding carboxylic acids is 1. The molecule has 0 aliphatic heterocycles. The molecule has 0 unspecified atom stereocenters. The van der Waals surface area contributed by atoms with Crippen LogP contribution >= 0.6 is 0 Å². The number of benzene rings is 1. The fourth-order valence-electron chi connectivity index (χ4n) is 2.80. The van der Waals surface area contributed by atoms with Crippen LogP contribution in [0, 0.1) is 12.8 Å². The number of nitrogens with one attached hydrogen (secondary N) is 1. The second kappa shape index (κ2) is 5.67. The van der Waals surface area contributed by atoms with Crippen LogP contribution in [0.15, 0.2) is 48.9 Å². The van der Waals surface area contributed by atoms with Crippen molar-refractivity contribution >= 4 is 22.5 Å². The molecule has 4 rings (SSSR count). The summed E-state index contributed by atoms with van der Waals surface area (Å²) < 4.78 is 12.9. The zero-order valence-electron chi connectivity index (χ0n) is 13.2. The molecule has 1 aromatic carbocycles. The fourth-order valence-corrected chi connectivity index (χ4v) is 2.80. The number of hydrogen-bond acceptors (Lipinski definition) is 3. The highest BCUT2D eigenvalue weighted by Gasteiger charge is 2.43. The van der Waals surface area contributed by atoms with Crippen molar-refractivity contribution in [1.82, 2.24) is 9.97 Å². The number of pyridine rings is 2. The fraction of sp³-hybridized carbons (Fsp3) is 0.211. The predicted molar refractivity (Wildman–Crippen MR) is 91.3 cm³/mol. The van der Waals surface area contributed by atoms with Crippen molar-refractivity contribution in [2.24, 2.45) is 5.92 Å². The van der Waals surface area contributed by atoms with E-state index in [2.05, 4.69) is 21.4 Å². The van der Waals surface area contributed by atoms with Crippen LogP contribution in [0.25, 0.3) is 21.9 Å². The maximum Gasteiger partial charge on any atom is 0.231 e. The van der Waals surface area contributed by atoms with Gasteiger partial charge in [-0.05, 0) is 48.1 Å². The topological polar surface area (TPSA) is 54.9 Å². The first kappa shape index (κ1) is 14.8. The minimum absolute atomic E-state index is 0.294. The maximum absolute atomic E-state index is 12.9. The Balaban J connectivity index is 1.63. The number of nitrogens with zero attached hydrogens (tertiary/aromatic N) is 2. The van der Waals surface area contributed by atoms with E-state index in [1.54, 1.807) is 12.4 Å². The molecule has 2 aromatic heterocycles. The molecule has 1 aliphatic carbocycles. The van der Waals surface area contributed by atoms with E-state index in [1.165, 1.54) is 0 Å². The first-order valence-electron chi connectivity index (χ1n) is 7.87. The molecule has 0 bridgehead atoms. The highest BCUT2D eigenvalue weighted by Crippen LogP contribution is 2.34. The van der Waals surface area contributed by atoms with E-state index in [-0.39, 0.29) is 5.91 Å². The Bertz CT molecular complexity index is 941. The lowest BCUT2D eigenvalue weighted by atomic mass is 10.0. The standard InChI is InChI=1S/C19H16FN3O/c1-11-4-5-21-10-16(11)13-3-2-12-7-18(22-9-14(12)6-13)23-19(24)15-8-17(15)20/h2-7,9-10,15,17H,8H2,1H3,(H,22,23,24)/t15-,17+/m0/s1. The van der Waals surface area contributed by atoms with Gasteiger partial charge in [-0.1, -0.05) is 12.1 Å². The SMILES string of the molecule is Cc1ccncc1-c1ccc2cc(NC(=O)[C@H]3C[C@H]3F)ncc2c1. The summed E-state index contributed by atoms with van der Waals surface area (Å²) in [4.78, 5) is 20.3. The van der Waals surface area contributed by atoms with Crippen LogP contribution in [0.3, 0.4) is 0 Å². The number of halogens is 1. The summed E-state index contributed by atoms with van der Waals surface area (Å²) in [6, 6.07) is 9.85. The van der Waals surface area contributed by atoms with Crippen LogP contribution < -0.4 is 5.32 Å². The molecule has 120 valence electrons. The third-order valence-corrected chi connectivity index (χ3v) is 4.37. The molecule has 1 saturated carbocycles. The minimum Gasteiger partial charge on any atom is -0.310 e. The molecule has 2 atom stereocenters. The Kier molecular flexibility index (Phi) is 3.49. The molecule has 24 heavy (non-hydrogen) atoms. The molecule has 1 aliphatic rings. The van der Waals surface area contributed by atoms with Crippen molar-refractivity contribution in [3.63, 3.8) is 0 Å². The van der Waals surface area contributed by atoms with E-state index in [1.807, 2.05) is 37.4 Å². The van der Waals surface area contributed by atoms with Gasteiger partial charge in [0.2, 0.25) is 5.91 Å². The lowest BCUT2D eigenvalue weighted by molar-refractivity contribution is -0.117. The monoisotopic (exact) mass is 321 g/mol. The van der Waals surface area contributed by atoms with Gasteiger partial charge in [-0.25, -0.2) is 9.37 Å². The molecular weight excluding hydrogens is 305 g/mol. The van der Waals surface area contributed by atoms with E-state index >= 15 is 0 Å². The van der Waals surface area contributed by atoms with Gasteiger partial charge in [-0.3, -0.25) is 9.78 Å². The highest BCUT2D eigenvalue weighted by atomic mass is 19.1. The Labute approximate surface area is 138 Å². The van der Waals surface area contributed by atoms with Crippen molar-refractivity contribution in [1.29, 1.82) is 0 Å². The van der Waals surface area contributed by atoms with Gasteiger partial charge in [-0.15, -0.1) is 0 Å². The van der Waals surface area contributed by atoms with Crippen molar-refractivity contribution in [2.45, 2.75) is 19.5 Å². The lowest BCUT2D eigenvalue weighted by Gasteiger charge is -2.08. The number of carbonyl (C=O) groups is 1. The lowest BCUT2D eigenvalue weighted by Crippen LogP contribution is -2.15. The number of fused-ring (bicyclic) bond motifs is 1. The second-order valence-electron chi connectivity index (χ2n) is 6.17. The molecule has 0 radical (unpaired) electrons. The molecule has 5 heteroatoms. The third-order valence-electron chi connectivity index (χ3n) is 4.37. The van der Waals surface area contributed by atoms with Gasteiger partial charge < -0.3 is 5.32 Å². The zero-order valence-corrected chi connectivity index (χ0v) is 13.2. The molecule has 2 heterocycles. The number of amides is 1. The Morgan fingerprint density at radius 2 is 2.04 bits per heavy atom. The van der Waals surface area contributed by atoms with Crippen molar-refractivity contribution in [2.75, 3.05) is 5.32 Å². The summed E-state index contributed by atoms with van der Waals surface area (Å²) in [7, 11) is 0. The quantitative estimate of drug-likeness (QED) is 0.796. The van der Waals surface area contributed by atoms with Gasteiger partial charge in [-0.2, -0.15) is 0 Å². The average molecular weight is 321 g/mol.